The van der Waals surface area contributed by atoms with Crippen LogP contribution in [0.15, 0.2) is 24.3 Å². The van der Waals surface area contributed by atoms with Gasteiger partial charge in [0.2, 0.25) is 23.6 Å². The summed E-state index contributed by atoms with van der Waals surface area (Å²) in [5, 5.41) is 10.2. The van der Waals surface area contributed by atoms with Crippen LogP contribution < -0.4 is 27.0 Å². The zero-order valence-electron chi connectivity index (χ0n) is 36.5. The second-order valence-corrected chi connectivity index (χ2v) is 18.1. The number of rotatable bonds is 24. The van der Waals surface area contributed by atoms with Crippen LogP contribution in [0.25, 0.3) is 0 Å². The number of hydrogen-bond acceptors (Lipinski definition) is 9. The number of likely N-dealkylation sites (tertiary alicyclic amines) is 1. The van der Waals surface area contributed by atoms with E-state index < -0.39 is 59.4 Å². The summed E-state index contributed by atoms with van der Waals surface area (Å²) in [6, 6.07) is 1.81. The number of alkyl halides is 3. The van der Waals surface area contributed by atoms with Crippen LogP contribution in [0, 0.1) is 22.7 Å². The van der Waals surface area contributed by atoms with Gasteiger partial charge >= 0.3 is 18.2 Å². The minimum atomic E-state index is -4.70. The molecule has 60 heavy (non-hydrogen) atoms. The van der Waals surface area contributed by atoms with Crippen LogP contribution in [0.3, 0.4) is 0 Å². The van der Waals surface area contributed by atoms with Gasteiger partial charge < -0.3 is 26.4 Å². The zero-order valence-corrected chi connectivity index (χ0v) is 36.5. The molecule has 0 aromatic heterocycles. The summed E-state index contributed by atoms with van der Waals surface area (Å²) >= 11 is 0. The van der Waals surface area contributed by atoms with Gasteiger partial charge in [-0.3, -0.25) is 39.0 Å². The Morgan fingerprint density at radius 3 is 2.00 bits per heavy atom. The van der Waals surface area contributed by atoms with E-state index >= 15 is 0 Å². The monoisotopic (exact) mass is 852 g/mol. The molecule has 0 spiro atoms. The van der Waals surface area contributed by atoms with Gasteiger partial charge in [-0.05, 0) is 75.3 Å². The number of carbonyl (C=O) groups is 7. The lowest BCUT2D eigenvalue weighted by atomic mass is 9.80. The molecule has 6 amide bonds. The van der Waals surface area contributed by atoms with E-state index in [0.29, 0.717) is 19.3 Å². The molecule has 338 valence electrons. The number of amides is 6. The number of urea groups is 1. The lowest BCUT2D eigenvalue weighted by molar-refractivity contribution is -0.162. The van der Waals surface area contributed by atoms with Crippen molar-refractivity contribution in [3.05, 3.63) is 35.4 Å². The Kier molecular flexibility index (Phi) is 20.2. The number of nitrogens with one attached hydrogen (secondary N) is 4. The third-order valence-electron chi connectivity index (χ3n) is 10.3. The fourth-order valence-electron chi connectivity index (χ4n) is 6.62. The standard InChI is InChI=1S/C43H67F3N6O8/c1-27(2)35(51-33(43(44,45)46)16-10-9-11-23-52-34(54)25-31(38(52)57)41(3,4)5)37(56)50-32(15-13-22-49-40(47)59)36(55)48-21-12-14-30(53)24-28-17-19-29(20-18-28)26-60-39(58)42(6,7)8/h17-20,27,31-33,35,51H,9-16,21-26H2,1-8H3,(H,48,55)(H,50,56)(H3,47,49,59)/t31?,32-,33-,35-/m0/s1. The van der Waals surface area contributed by atoms with E-state index in [2.05, 4.69) is 21.3 Å². The van der Waals surface area contributed by atoms with Crippen molar-refractivity contribution in [1.29, 1.82) is 0 Å². The van der Waals surface area contributed by atoms with E-state index in [1.54, 1.807) is 58.9 Å². The highest BCUT2D eigenvalue weighted by atomic mass is 19.4. The number of carbonyl (C=O) groups excluding carboxylic acids is 7. The number of imide groups is 1. The Labute approximate surface area is 352 Å². The minimum Gasteiger partial charge on any atom is -0.460 e. The number of esters is 1. The lowest BCUT2D eigenvalue weighted by Crippen LogP contribution is -2.58. The maximum atomic E-state index is 14.3. The van der Waals surface area contributed by atoms with Gasteiger partial charge in [0.05, 0.1) is 17.4 Å². The van der Waals surface area contributed by atoms with E-state index in [-0.39, 0.29) is 100 Å². The fourth-order valence-corrected chi connectivity index (χ4v) is 6.62. The maximum absolute atomic E-state index is 14.3. The van der Waals surface area contributed by atoms with Gasteiger partial charge in [0.1, 0.15) is 24.5 Å². The quantitative estimate of drug-likeness (QED) is 0.0523. The first-order valence-corrected chi connectivity index (χ1v) is 20.9. The summed E-state index contributed by atoms with van der Waals surface area (Å²) in [6.45, 7) is 14.5. The number of ether oxygens (including phenoxy) is 1. The van der Waals surface area contributed by atoms with Gasteiger partial charge in [0, 0.05) is 38.9 Å². The number of primary amides is 1. The molecule has 0 bridgehead atoms. The Balaban J connectivity index is 1.95. The predicted octanol–water partition coefficient (Wildman–Crippen LogP) is 5.24. The molecule has 0 radical (unpaired) electrons. The topological polar surface area (TPSA) is 206 Å². The number of ketones is 1. The SMILES string of the molecule is CC(C)[C@H](N[C@@H](CCCCCN1C(=O)CC(C(C)(C)C)C1=O)C(F)(F)F)C(=O)N[C@@H](CCCNC(N)=O)C(=O)NCCCC(=O)Cc1ccc(COC(=O)C(C)(C)C)cc1. The Bertz CT molecular complexity index is 1620. The van der Waals surface area contributed by atoms with Crippen molar-refractivity contribution in [2.45, 2.75) is 151 Å². The van der Waals surface area contributed by atoms with Crippen molar-refractivity contribution in [2.24, 2.45) is 28.4 Å². The average Bonchev–Trinajstić information content (AvgIpc) is 3.43. The van der Waals surface area contributed by atoms with Crippen LogP contribution in [0.5, 0.6) is 0 Å². The molecule has 6 N–H and O–H groups in total. The predicted molar refractivity (Wildman–Crippen MR) is 220 cm³/mol. The molecule has 1 fully saturated rings. The van der Waals surface area contributed by atoms with Crippen molar-refractivity contribution in [1.82, 2.24) is 26.2 Å². The average molecular weight is 853 g/mol. The molecule has 0 saturated carbocycles. The van der Waals surface area contributed by atoms with Crippen LogP contribution >= 0.6 is 0 Å². The van der Waals surface area contributed by atoms with Crippen LogP contribution in [0.1, 0.15) is 124 Å². The molecule has 1 aliphatic rings. The van der Waals surface area contributed by atoms with Gasteiger partial charge in [-0.25, -0.2) is 4.79 Å². The molecular formula is C43H67F3N6O8. The van der Waals surface area contributed by atoms with Crippen molar-refractivity contribution < 1.29 is 51.5 Å². The summed E-state index contributed by atoms with van der Waals surface area (Å²) in [7, 11) is 0. The van der Waals surface area contributed by atoms with E-state index in [9.17, 15) is 46.7 Å². The number of unbranched alkanes of at least 4 members (excludes halogenated alkanes) is 2. The summed E-state index contributed by atoms with van der Waals surface area (Å²) in [6.07, 6.45) is -3.30. The molecular weight excluding hydrogens is 786 g/mol. The largest absolute Gasteiger partial charge is 0.460 e. The van der Waals surface area contributed by atoms with Crippen LogP contribution in [-0.4, -0.2) is 90.2 Å². The van der Waals surface area contributed by atoms with E-state index in [1.807, 2.05) is 20.8 Å². The Morgan fingerprint density at radius 1 is 0.833 bits per heavy atom. The number of hydrogen-bond donors (Lipinski definition) is 5. The normalized spacial score (nSPS) is 16.3. The minimum absolute atomic E-state index is 0.0359. The third kappa shape index (κ3) is 18.0. The Hall–Kier alpha value is -4.54. The molecule has 1 heterocycles. The highest BCUT2D eigenvalue weighted by molar-refractivity contribution is 6.03. The number of nitrogens with zero attached hydrogens (tertiary/aromatic N) is 1. The summed E-state index contributed by atoms with van der Waals surface area (Å²) in [4.78, 5) is 89.2. The molecule has 4 atom stereocenters. The second kappa shape index (κ2) is 23.5. The molecule has 0 aliphatic carbocycles. The van der Waals surface area contributed by atoms with Gasteiger partial charge in [-0.15, -0.1) is 0 Å². The summed E-state index contributed by atoms with van der Waals surface area (Å²) < 4.78 is 48.2. The lowest BCUT2D eigenvalue weighted by Gasteiger charge is -2.30. The number of benzene rings is 1. The summed E-state index contributed by atoms with van der Waals surface area (Å²) in [5.74, 6) is -3.38. The highest BCUT2D eigenvalue weighted by Gasteiger charge is 2.45. The molecule has 2 rings (SSSR count). The molecule has 14 nitrogen and oxygen atoms in total. The number of halogens is 3. The van der Waals surface area contributed by atoms with Crippen LogP contribution in [0.4, 0.5) is 18.0 Å². The van der Waals surface area contributed by atoms with Gasteiger partial charge in [-0.1, -0.05) is 71.7 Å². The van der Waals surface area contributed by atoms with E-state index in [0.717, 1.165) is 11.1 Å². The molecule has 1 unspecified atom stereocenters. The summed E-state index contributed by atoms with van der Waals surface area (Å²) in [5.41, 5.74) is 5.68. The van der Waals surface area contributed by atoms with Crippen molar-refractivity contribution >= 4 is 41.4 Å². The van der Waals surface area contributed by atoms with Crippen LogP contribution in [-0.2, 0) is 46.5 Å². The van der Waals surface area contributed by atoms with Crippen molar-refractivity contribution in [3.8, 4) is 0 Å². The number of Topliss-reactive ketones (excluding diaryl/α,β-unsaturated/α-hetero) is 1. The maximum Gasteiger partial charge on any atom is 0.403 e. The van der Waals surface area contributed by atoms with Crippen molar-refractivity contribution in [3.63, 3.8) is 0 Å². The second-order valence-electron chi connectivity index (χ2n) is 18.1. The molecule has 1 aromatic rings. The van der Waals surface area contributed by atoms with Crippen molar-refractivity contribution in [2.75, 3.05) is 19.6 Å². The first kappa shape index (κ1) is 51.6. The molecule has 1 aliphatic heterocycles. The smallest absolute Gasteiger partial charge is 0.403 e. The van der Waals surface area contributed by atoms with Gasteiger partial charge in [-0.2, -0.15) is 13.2 Å². The zero-order chi connectivity index (χ0) is 45.4. The first-order valence-electron chi connectivity index (χ1n) is 20.9. The Morgan fingerprint density at radius 2 is 1.45 bits per heavy atom. The van der Waals surface area contributed by atoms with Gasteiger partial charge in [0.25, 0.3) is 0 Å². The molecule has 1 aromatic carbocycles. The first-order chi connectivity index (χ1) is 27.8. The molecule has 17 heteroatoms. The fraction of sp³-hybridized carbons (Fsp3) is 0.698. The number of nitrogens with two attached hydrogens (primary N) is 1. The van der Waals surface area contributed by atoms with Gasteiger partial charge in [0.15, 0.2) is 0 Å². The third-order valence-corrected chi connectivity index (χ3v) is 10.3. The molecule has 1 saturated heterocycles. The van der Waals surface area contributed by atoms with E-state index in [1.165, 1.54) is 4.90 Å². The van der Waals surface area contributed by atoms with E-state index in [4.69, 9.17) is 10.5 Å². The highest BCUT2D eigenvalue weighted by Crippen LogP contribution is 2.35. The van der Waals surface area contributed by atoms with Crippen LogP contribution in [0.2, 0.25) is 0 Å².